The monoisotopic (exact) mass is 360 g/mol. The fourth-order valence-electron chi connectivity index (χ4n) is 2.44. The van der Waals surface area contributed by atoms with Gasteiger partial charge in [0, 0.05) is 30.1 Å². The Morgan fingerprint density at radius 1 is 1.36 bits per heavy atom. The van der Waals surface area contributed by atoms with E-state index in [0.29, 0.717) is 17.4 Å². The molecule has 1 aromatic carbocycles. The zero-order chi connectivity index (χ0) is 17.8. The number of aromatic nitrogens is 1. The Morgan fingerprint density at radius 3 is 2.68 bits per heavy atom. The molecule has 1 aliphatic rings. The highest BCUT2D eigenvalue weighted by Gasteiger charge is 2.33. The van der Waals surface area contributed by atoms with Crippen LogP contribution in [0, 0.1) is 0 Å². The van der Waals surface area contributed by atoms with Gasteiger partial charge in [0.05, 0.1) is 7.11 Å². The number of nitrogens with one attached hydrogen (secondary N) is 1. The predicted octanol–water partition coefficient (Wildman–Crippen LogP) is 2.38. The number of hydrogen-bond donors (Lipinski definition) is 2. The van der Waals surface area contributed by atoms with Crippen molar-refractivity contribution in [1.82, 2.24) is 9.88 Å². The first-order chi connectivity index (χ1) is 12.1. The van der Waals surface area contributed by atoms with Crippen LogP contribution in [0.3, 0.4) is 0 Å². The number of ether oxygens (including phenoxy) is 1. The highest BCUT2D eigenvalue weighted by Crippen LogP contribution is 2.29. The van der Waals surface area contributed by atoms with E-state index in [-0.39, 0.29) is 18.4 Å². The zero-order valence-electron chi connectivity index (χ0n) is 13.9. The van der Waals surface area contributed by atoms with E-state index in [2.05, 4.69) is 10.3 Å². The van der Waals surface area contributed by atoms with Crippen molar-refractivity contribution in [3.05, 3.63) is 35.3 Å². The van der Waals surface area contributed by atoms with E-state index in [0.717, 1.165) is 24.3 Å². The largest absolute Gasteiger partial charge is 0.497 e. The number of carbonyl (C=O) groups is 2. The van der Waals surface area contributed by atoms with E-state index in [1.165, 1.54) is 11.3 Å². The highest BCUT2D eigenvalue weighted by molar-refractivity contribution is 7.14. The average Bonchev–Trinajstić information content (AvgIpc) is 3.33. The fraction of sp³-hybridized carbons (Fsp3) is 0.353. The molecule has 1 saturated carbocycles. The molecular formula is C17H20N4O3S. The molecule has 0 saturated heterocycles. The summed E-state index contributed by atoms with van der Waals surface area (Å²) in [6, 6.07) is 7.66. The first-order valence-electron chi connectivity index (χ1n) is 8.02. The summed E-state index contributed by atoms with van der Waals surface area (Å²) in [5.74, 6) is 0.219. The third kappa shape index (κ3) is 4.48. The number of rotatable bonds is 8. The van der Waals surface area contributed by atoms with Gasteiger partial charge in [-0.15, -0.1) is 11.3 Å². The summed E-state index contributed by atoms with van der Waals surface area (Å²) >= 11 is 1.36. The molecule has 1 aliphatic carbocycles. The summed E-state index contributed by atoms with van der Waals surface area (Å²) < 4.78 is 5.13. The summed E-state index contributed by atoms with van der Waals surface area (Å²) in [4.78, 5) is 29.8. The maximum atomic E-state index is 12.7. The molecule has 0 atom stereocenters. The molecule has 3 N–H and O–H groups in total. The highest BCUT2D eigenvalue weighted by atomic mass is 32.1. The maximum absolute atomic E-state index is 12.7. The van der Waals surface area contributed by atoms with Gasteiger partial charge in [-0.3, -0.25) is 9.59 Å². The van der Waals surface area contributed by atoms with Gasteiger partial charge in [0.25, 0.3) is 5.91 Å². The number of amides is 2. The van der Waals surface area contributed by atoms with E-state index < -0.39 is 5.91 Å². The van der Waals surface area contributed by atoms with Crippen molar-refractivity contribution in [3.63, 3.8) is 0 Å². The fourth-order valence-corrected chi connectivity index (χ4v) is 3.15. The smallest absolute Gasteiger partial charge is 0.273 e. The Bertz CT molecular complexity index is 756. The lowest BCUT2D eigenvalue weighted by molar-refractivity contribution is -0.118. The normalized spacial score (nSPS) is 13.3. The molecule has 2 aromatic rings. The van der Waals surface area contributed by atoms with Crippen LogP contribution in [0.15, 0.2) is 29.6 Å². The number of thiazole rings is 1. The van der Waals surface area contributed by atoms with Crippen LogP contribution in [-0.2, 0) is 4.79 Å². The number of benzene rings is 1. The van der Waals surface area contributed by atoms with Gasteiger partial charge in [0.15, 0.2) is 5.13 Å². The molecular weight excluding hydrogens is 340 g/mol. The molecule has 1 fully saturated rings. The third-order valence-electron chi connectivity index (χ3n) is 3.91. The molecule has 3 rings (SSSR count). The van der Waals surface area contributed by atoms with Crippen molar-refractivity contribution >= 4 is 34.0 Å². The van der Waals surface area contributed by atoms with Gasteiger partial charge in [-0.2, -0.15) is 0 Å². The average molecular weight is 360 g/mol. The van der Waals surface area contributed by atoms with E-state index in [4.69, 9.17) is 10.5 Å². The van der Waals surface area contributed by atoms with Crippen LogP contribution < -0.4 is 15.8 Å². The second-order valence-corrected chi connectivity index (χ2v) is 6.70. The Balaban J connectivity index is 1.66. The van der Waals surface area contributed by atoms with Crippen LogP contribution in [0.4, 0.5) is 10.8 Å². The Morgan fingerprint density at radius 2 is 2.08 bits per heavy atom. The van der Waals surface area contributed by atoms with Crippen LogP contribution in [0.25, 0.3) is 0 Å². The number of primary amides is 1. The lowest BCUT2D eigenvalue weighted by Crippen LogP contribution is -2.36. The number of methoxy groups -OCH3 is 1. The van der Waals surface area contributed by atoms with Crippen molar-refractivity contribution < 1.29 is 14.3 Å². The molecule has 1 heterocycles. The second-order valence-electron chi connectivity index (χ2n) is 5.84. The van der Waals surface area contributed by atoms with Crippen LogP contribution in [-0.4, -0.2) is 41.4 Å². The van der Waals surface area contributed by atoms with Gasteiger partial charge < -0.3 is 20.7 Å². The van der Waals surface area contributed by atoms with Crippen molar-refractivity contribution in [3.8, 4) is 5.75 Å². The quantitative estimate of drug-likeness (QED) is 0.753. The Labute approximate surface area is 149 Å². The molecule has 0 radical (unpaired) electrons. The lowest BCUT2D eigenvalue weighted by atomic mass is 10.3. The van der Waals surface area contributed by atoms with Crippen LogP contribution in [0.1, 0.15) is 29.8 Å². The predicted molar refractivity (Wildman–Crippen MR) is 96.3 cm³/mol. The molecule has 0 unspecified atom stereocenters. The molecule has 0 bridgehead atoms. The van der Waals surface area contributed by atoms with Gasteiger partial charge in [-0.1, -0.05) is 0 Å². The van der Waals surface area contributed by atoms with Crippen molar-refractivity contribution in [2.24, 2.45) is 5.73 Å². The van der Waals surface area contributed by atoms with Crippen LogP contribution >= 0.6 is 11.3 Å². The summed E-state index contributed by atoms with van der Waals surface area (Å²) in [6.07, 6.45) is 2.10. The minimum atomic E-state index is -0.404. The number of nitrogens with zero attached hydrogens (tertiary/aromatic N) is 2. The summed E-state index contributed by atoms with van der Waals surface area (Å²) in [5, 5.41) is 5.54. The van der Waals surface area contributed by atoms with Crippen molar-refractivity contribution in [1.29, 1.82) is 0 Å². The second kappa shape index (κ2) is 7.52. The Kier molecular flexibility index (Phi) is 5.18. The van der Waals surface area contributed by atoms with Gasteiger partial charge in [0.2, 0.25) is 5.91 Å². The van der Waals surface area contributed by atoms with E-state index in [1.807, 2.05) is 24.3 Å². The van der Waals surface area contributed by atoms with E-state index >= 15 is 0 Å². The number of nitrogens with two attached hydrogens (primary N) is 1. The van der Waals surface area contributed by atoms with Gasteiger partial charge in [0.1, 0.15) is 11.4 Å². The van der Waals surface area contributed by atoms with Gasteiger partial charge in [-0.25, -0.2) is 4.98 Å². The molecule has 2 amide bonds. The molecule has 0 aliphatic heterocycles. The van der Waals surface area contributed by atoms with Crippen LogP contribution in [0.2, 0.25) is 0 Å². The first kappa shape index (κ1) is 17.2. The summed E-state index contributed by atoms with van der Waals surface area (Å²) in [5.41, 5.74) is 6.45. The third-order valence-corrected chi connectivity index (χ3v) is 4.67. The minimum Gasteiger partial charge on any atom is -0.497 e. The van der Waals surface area contributed by atoms with Gasteiger partial charge in [-0.05, 0) is 37.1 Å². The van der Waals surface area contributed by atoms with E-state index in [9.17, 15) is 9.59 Å². The van der Waals surface area contributed by atoms with Gasteiger partial charge >= 0.3 is 0 Å². The van der Waals surface area contributed by atoms with Crippen molar-refractivity contribution in [2.75, 3.05) is 19.0 Å². The summed E-state index contributed by atoms with van der Waals surface area (Å²) in [7, 11) is 1.62. The molecule has 0 spiro atoms. The maximum Gasteiger partial charge on any atom is 0.273 e. The number of anilines is 2. The Hall–Kier alpha value is -2.61. The number of carbonyl (C=O) groups excluding carboxylic acids is 2. The SMILES string of the molecule is COc1ccc(Nc2nc(C(=O)N(CCC(N)=O)C3CC3)cs2)cc1. The number of hydrogen-bond acceptors (Lipinski definition) is 6. The van der Waals surface area contributed by atoms with Crippen LogP contribution in [0.5, 0.6) is 5.75 Å². The molecule has 7 nitrogen and oxygen atoms in total. The molecule has 132 valence electrons. The topological polar surface area (TPSA) is 97.6 Å². The standard InChI is InChI=1S/C17H20N4O3S/c1-24-13-6-2-11(3-7-13)19-17-20-14(10-25-17)16(23)21(12-4-5-12)9-8-15(18)22/h2-3,6-7,10,12H,4-5,8-9H2,1H3,(H2,18,22)(H,19,20). The van der Waals surface area contributed by atoms with E-state index in [1.54, 1.807) is 17.4 Å². The summed E-state index contributed by atoms with van der Waals surface area (Å²) in [6.45, 7) is 0.345. The first-order valence-corrected chi connectivity index (χ1v) is 8.90. The zero-order valence-corrected chi connectivity index (χ0v) is 14.7. The lowest BCUT2D eigenvalue weighted by Gasteiger charge is -2.20. The van der Waals surface area contributed by atoms with Crippen molar-refractivity contribution in [2.45, 2.75) is 25.3 Å². The molecule has 1 aromatic heterocycles. The molecule has 25 heavy (non-hydrogen) atoms. The molecule has 8 heteroatoms. The minimum absolute atomic E-state index is 0.150.